The summed E-state index contributed by atoms with van der Waals surface area (Å²) in [6.07, 6.45) is 8.29. The van der Waals surface area contributed by atoms with E-state index in [9.17, 15) is 9.59 Å². The van der Waals surface area contributed by atoms with Crippen LogP contribution in [0.3, 0.4) is 0 Å². The van der Waals surface area contributed by atoms with E-state index >= 15 is 0 Å². The number of benzene rings is 1. The molecule has 0 spiro atoms. The Morgan fingerprint density at radius 2 is 1.79 bits per heavy atom. The van der Waals surface area contributed by atoms with Crippen molar-refractivity contribution in [2.75, 3.05) is 10.2 Å². The lowest BCUT2D eigenvalue weighted by Gasteiger charge is -2.37. The molecule has 3 aromatic heterocycles. The van der Waals surface area contributed by atoms with Gasteiger partial charge in [0, 0.05) is 42.7 Å². The minimum Gasteiger partial charge on any atom is -0.367 e. The van der Waals surface area contributed by atoms with E-state index in [2.05, 4.69) is 31.7 Å². The molecule has 2 amide bonds. The number of urea groups is 1. The van der Waals surface area contributed by atoms with Crippen molar-refractivity contribution in [3.8, 4) is 17.3 Å². The Kier molecular flexibility index (Phi) is 7.93. The fourth-order valence-electron chi connectivity index (χ4n) is 4.85. The molecule has 39 heavy (non-hydrogen) atoms. The molecule has 4 aromatic rings. The Labute approximate surface area is 226 Å². The fourth-order valence-corrected chi connectivity index (χ4v) is 4.85. The smallest absolute Gasteiger partial charge is 0.322 e. The van der Waals surface area contributed by atoms with E-state index in [1.807, 2.05) is 53.4 Å². The maximum absolute atomic E-state index is 13.5. The molecule has 1 aromatic carbocycles. The second-order valence-corrected chi connectivity index (χ2v) is 9.55. The molecular formula is C30H29N7O2. The first-order chi connectivity index (χ1) is 19.1. The van der Waals surface area contributed by atoms with Crippen LogP contribution in [0.15, 0.2) is 90.1 Å². The molecule has 1 aliphatic carbocycles. The van der Waals surface area contributed by atoms with Gasteiger partial charge in [-0.15, -0.1) is 0 Å². The van der Waals surface area contributed by atoms with Crippen LogP contribution in [0, 0.1) is 11.3 Å². The van der Waals surface area contributed by atoms with Crippen LogP contribution in [0.25, 0.3) is 11.3 Å². The van der Waals surface area contributed by atoms with Gasteiger partial charge in [-0.25, -0.2) is 9.78 Å². The normalized spacial score (nSPS) is 16.6. The summed E-state index contributed by atoms with van der Waals surface area (Å²) in [4.78, 5) is 38.4. The third-order valence-corrected chi connectivity index (χ3v) is 6.92. The summed E-state index contributed by atoms with van der Waals surface area (Å²) in [6.45, 7) is 0.431. The van der Waals surface area contributed by atoms with Crippen LogP contribution in [0.4, 0.5) is 16.3 Å². The summed E-state index contributed by atoms with van der Waals surface area (Å²) in [5, 5.41) is 15.5. The van der Waals surface area contributed by atoms with Gasteiger partial charge in [0.2, 0.25) is 5.56 Å². The number of nitriles is 1. The molecule has 1 fully saturated rings. The van der Waals surface area contributed by atoms with Crippen LogP contribution in [-0.2, 0) is 6.54 Å². The summed E-state index contributed by atoms with van der Waals surface area (Å²) in [5.74, 6) is 0.747. The molecule has 5 rings (SSSR count). The zero-order valence-corrected chi connectivity index (χ0v) is 21.4. The second-order valence-electron chi connectivity index (χ2n) is 9.55. The largest absolute Gasteiger partial charge is 0.367 e. The zero-order valence-electron chi connectivity index (χ0n) is 21.4. The number of carbonyl (C=O) groups is 1. The number of pyridine rings is 3. The summed E-state index contributed by atoms with van der Waals surface area (Å²) in [6, 6.07) is 22.5. The predicted molar refractivity (Wildman–Crippen MR) is 150 cm³/mol. The van der Waals surface area contributed by atoms with Crippen molar-refractivity contribution < 1.29 is 4.79 Å². The molecule has 1 saturated carbocycles. The van der Waals surface area contributed by atoms with Crippen LogP contribution >= 0.6 is 0 Å². The molecule has 9 nitrogen and oxygen atoms in total. The molecule has 196 valence electrons. The summed E-state index contributed by atoms with van der Waals surface area (Å²) in [7, 11) is 0. The zero-order chi connectivity index (χ0) is 27.0. The number of nitrogens with one attached hydrogen (secondary N) is 3. The van der Waals surface area contributed by atoms with Crippen LogP contribution in [0.2, 0.25) is 0 Å². The first-order valence-corrected chi connectivity index (χ1v) is 13.0. The van der Waals surface area contributed by atoms with Crippen molar-refractivity contribution in [2.24, 2.45) is 0 Å². The molecule has 3 N–H and O–H groups in total. The number of rotatable bonds is 7. The minimum atomic E-state index is -0.170. The number of aromatic amines is 1. The van der Waals surface area contributed by atoms with E-state index in [1.54, 1.807) is 30.7 Å². The van der Waals surface area contributed by atoms with Gasteiger partial charge >= 0.3 is 6.03 Å². The Bertz CT molecular complexity index is 1470. The van der Waals surface area contributed by atoms with Crippen molar-refractivity contribution >= 4 is 17.5 Å². The number of hydrogen-bond acceptors (Lipinski definition) is 6. The molecule has 3 heterocycles. The van der Waals surface area contributed by atoms with E-state index in [0.717, 1.165) is 48.3 Å². The van der Waals surface area contributed by atoms with Crippen LogP contribution in [-0.4, -0.2) is 33.1 Å². The lowest BCUT2D eigenvalue weighted by atomic mass is 9.90. The predicted octanol–water partition coefficient (Wildman–Crippen LogP) is 4.84. The molecule has 9 heteroatoms. The van der Waals surface area contributed by atoms with Crippen LogP contribution in [0.5, 0.6) is 0 Å². The van der Waals surface area contributed by atoms with E-state index in [-0.39, 0.29) is 23.7 Å². The Hall–Kier alpha value is -4.97. The van der Waals surface area contributed by atoms with Crippen LogP contribution < -0.4 is 21.1 Å². The highest BCUT2D eigenvalue weighted by Crippen LogP contribution is 2.30. The van der Waals surface area contributed by atoms with Gasteiger partial charge in [0.25, 0.3) is 0 Å². The summed E-state index contributed by atoms with van der Waals surface area (Å²) < 4.78 is 0. The number of amides is 2. The van der Waals surface area contributed by atoms with Gasteiger partial charge in [-0.1, -0.05) is 30.3 Å². The fraction of sp³-hybridized carbons (Fsp3) is 0.233. The average molecular weight is 520 g/mol. The molecule has 0 saturated heterocycles. The Balaban J connectivity index is 1.30. The van der Waals surface area contributed by atoms with Crippen LogP contribution in [0.1, 0.15) is 36.8 Å². The summed E-state index contributed by atoms with van der Waals surface area (Å²) in [5.41, 5.74) is 3.61. The highest BCUT2D eigenvalue weighted by molar-refractivity contribution is 5.92. The van der Waals surface area contributed by atoms with E-state index in [4.69, 9.17) is 5.26 Å². The topological polar surface area (TPSA) is 127 Å². The van der Waals surface area contributed by atoms with Gasteiger partial charge < -0.3 is 15.6 Å². The standard InChI is InChI=1S/C30H29N7O2/c31-16-22-6-14-28(33-18-22)36-24-8-10-25(11-9-24)37(30(39)35-17-21-4-2-1-3-5-21)26-12-13-27(32-20-26)23-7-15-29(38)34-19-23/h1-7,12-15,18-20,24-25H,8-11,17H2,(H,33,36)(H,34,38)(H,35,39). The Morgan fingerprint density at radius 1 is 0.974 bits per heavy atom. The number of nitrogens with zero attached hydrogens (tertiary/aromatic N) is 4. The van der Waals surface area contributed by atoms with Crippen molar-refractivity contribution in [3.63, 3.8) is 0 Å². The SMILES string of the molecule is N#Cc1ccc(NC2CCC(N(C(=O)NCc3ccccc3)c3ccc(-c4ccc(=O)[nH]c4)nc3)CC2)nc1. The highest BCUT2D eigenvalue weighted by atomic mass is 16.2. The van der Waals surface area contributed by atoms with E-state index < -0.39 is 0 Å². The maximum Gasteiger partial charge on any atom is 0.322 e. The van der Waals surface area contributed by atoms with E-state index in [0.29, 0.717) is 17.8 Å². The number of anilines is 2. The first kappa shape index (κ1) is 25.7. The quantitative estimate of drug-likeness (QED) is 0.321. The molecule has 0 radical (unpaired) electrons. The van der Waals surface area contributed by atoms with Crippen molar-refractivity contribution in [3.05, 3.63) is 107 Å². The van der Waals surface area contributed by atoms with Gasteiger partial charge in [0.05, 0.1) is 23.1 Å². The average Bonchev–Trinajstić information content (AvgIpc) is 2.99. The number of H-pyrrole nitrogens is 1. The lowest BCUT2D eigenvalue weighted by molar-refractivity contribution is 0.240. The number of carbonyl (C=O) groups excluding carboxylic acids is 1. The molecule has 0 bridgehead atoms. The Morgan fingerprint density at radius 3 is 2.44 bits per heavy atom. The molecule has 0 unspecified atom stereocenters. The molecule has 0 aliphatic heterocycles. The van der Waals surface area contributed by atoms with Crippen molar-refractivity contribution in [2.45, 2.75) is 44.3 Å². The first-order valence-electron chi connectivity index (χ1n) is 13.0. The van der Waals surface area contributed by atoms with Gasteiger partial charge in [-0.2, -0.15) is 5.26 Å². The molecular weight excluding hydrogens is 490 g/mol. The van der Waals surface area contributed by atoms with Gasteiger partial charge in [-0.3, -0.25) is 14.7 Å². The van der Waals surface area contributed by atoms with E-state index in [1.165, 1.54) is 6.07 Å². The third-order valence-electron chi connectivity index (χ3n) is 6.92. The number of aromatic nitrogens is 3. The molecule has 0 atom stereocenters. The van der Waals surface area contributed by atoms with Gasteiger partial charge in [0.15, 0.2) is 0 Å². The highest BCUT2D eigenvalue weighted by Gasteiger charge is 2.30. The maximum atomic E-state index is 13.5. The van der Waals surface area contributed by atoms with Crippen molar-refractivity contribution in [1.29, 1.82) is 5.26 Å². The van der Waals surface area contributed by atoms with Gasteiger partial charge in [0.1, 0.15) is 11.9 Å². The number of hydrogen-bond donors (Lipinski definition) is 3. The lowest BCUT2D eigenvalue weighted by Crippen LogP contribution is -2.48. The molecule has 1 aliphatic rings. The van der Waals surface area contributed by atoms with Gasteiger partial charge in [-0.05, 0) is 61.6 Å². The monoisotopic (exact) mass is 519 g/mol. The second kappa shape index (κ2) is 12.0. The minimum absolute atomic E-state index is 0.00785. The third kappa shape index (κ3) is 6.48. The van der Waals surface area contributed by atoms with Crippen molar-refractivity contribution in [1.82, 2.24) is 20.3 Å². The summed E-state index contributed by atoms with van der Waals surface area (Å²) >= 11 is 0.